The molecule has 0 saturated carbocycles. The van der Waals surface area contributed by atoms with Gasteiger partial charge in [0.15, 0.2) is 0 Å². The van der Waals surface area contributed by atoms with Crippen molar-refractivity contribution in [2.75, 3.05) is 18.1 Å². The lowest BCUT2D eigenvalue weighted by molar-refractivity contribution is -0.133. The van der Waals surface area contributed by atoms with Crippen molar-refractivity contribution in [2.45, 2.75) is 17.4 Å². The summed E-state index contributed by atoms with van der Waals surface area (Å²) in [5, 5.41) is 5.00. The Kier molecular flexibility index (Phi) is 5.37. The van der Waals surface area contributed by atoms with Gasteiger partial charge < -0.3 is 10.6 Å². The van der Waals surface area contributed by atoms with Crippen LogP contribution < -0.4 is 10.6 Å². The fraction of sp³-hybridized carbons (Fsp3) is 0.211. The molecule has 2 aromatic rings. The first-order chi connectivity index (χ1) is 13.3. The van der Waals surface area contributed by atoms with Gasteiger partial charge in [0.1, 0.15) is 23.7 Å². The van der Waals surface area contributed by atoms with Gasteiger partial charge in [0.2, 0.25) is 5.91 Å². The lowest BCUT2D eigenvalue weighted by Gasteiger charge is -2.22. The molecule has 2 aromatic carbocycles. The average Bonchev–Trinajstić information content (AvgIpc) is 2.88. The van der Waals surface area contributed by atoms with Crippen molar-refractivity contribution in [2.24, 2.45) is 0 Å². The first-order valence-electron chi connectivity index (χ1n) is 8.29. The number of hydrogen-bond acceptors (Lipinski definition) is 4. The van der Waals surface area contributed by atoms with Gasteiger partial charge in [0.25, 0.3) is 5.91 Å². The predicted molar refractivity (Wildman–Crippen MR) is 101 cm³/mol. The zero-order chi connectivity index (χ0) is 20.5. The molecule has 28 heavy (non-hydrogen) atoms. The minimum Gasteiger partial charge on any atom is -0.324 e. The van der Waals surface area contributed by atoms with Crippen molar-refractivity contribution < 1.29 is 23.2 Å². The fourth-order valence-corrected chi connectivity index (χ4v) is 3.54. The van der Waals surface area contributed by atoms with Gasteiger partial charge in [-0.05, 0) is 43.5 Å². The van der Waals surface area contributed by atoms with Crippen LogP contribution in [0.2, 0.25) is 0 Å². The van der Waals surface area contributed by atoms with E-state index in [2.05, 4.69) is 10.6 Å². The maximum absolute atomic E-state index is 14.2. The topological polar surface area (TPSA) is 78.5 Å². The van der Waals surface area contributed by atoms with E-state index >= 15 is 0 Å². The third-order valence-electron chi connectivity index (χ3n) is 4.42. The molecule has 1 aliphatic heterocycles. The van der Waals surface area contributed by atoms with Crippen molar-refractivity contribution in [3.05, 3.63) is 59.7 Å². The summed E-state index contributed by atoms with van der Waals surface area (Å²) in [6.45, 7) is 0.714. The van der Waals surface area contributed by atoms with Gasteiger partial charge in [-0.3, -0.25) is 14.5 Å². The number of thioether (sulfide) groups is 1. The van der Waals surface area contributed by atoms with Gasteiger partial charge in [-0.1, -0.05) is 12.1 Å². The van der Waals surface area contributed by atoms with E-state index in [0.29, 0.717) is 10.6 Å². The first kappa shape index (κ1) is 19.8. The Labute approximate surface area is 164 Å². The van der Waals surface area contributed by atoms with E-state index in [4.69, 9.17) is 0 Å². The Morgan fingerprint density at radius 1 is 1.21 bits per heavy atom. The van der Waals surface area contributed by atoms with Crippen LogP contribution in [0.15, 0.2) is 47.4 Å². The van der Waals surface area contributed by atoms with Crippen LogP contribution in [0.4, 0.5) is 19.3 Å². The van der Waals surface area contributed by atoms with Crippen molar-refractivity contribution in [3.8, 4) is 0 Å². The van der Waals surface area contributed by atoms with E-state index in [0.717, 1.165) is 23.1 Å². The number of anilines is 1. The van der Waals surface area contributed by atoms with Crippen LogP contribution in [-0.2, 0) is 15.1 Å². The van der Waals surface area contributed by atoms with Crippen LogP contribution in [0.25, 0.3) is 0 Å². The molecular formula is C19H17F2N3O3S. The normalized spacial score (nSPS) is 18.9. The highest BCUT2D eigenvalue weighted by atomic mass is 32.2. The summed E-state index contributed by atoms with van der Waals surface area (Å²) in [5.74, 6) is -3.01. The van der Waals surface area contributed by atoms with Crippen LogP contribution in [0, 0.1) is 11.6 Å². The minimum absolute atomic E-state index is 0.304. The molecule has 6 nitrogen and oxygen atoms in total. The number of imide groups is 1. The molecule has 0 aliphatic carbocycles. The van der Waals surface area contributed by atoms with Crippen LogP contribution in [-0.4, -0.2) is 35.5 Å². The number of halogens is 2. The summed E-state index contributed by atoms with van der Waals surface area (Å²) < 4.78 is 27.7. The molecule has 4 amide bonds. The van der Waals surface area contributed by atoms with Crippen LogP contribution in [0.1, 0.15) is 12.5 Å². The van der Waals surface area contributed by atoms with E-state index in [1.807, 2.05) is 18.4 Å². The summed E-state index contributed by atoms with van der Waals surface area (Å²) in [6.07, 6.45) is 1.85. The molecule has 3 rings (SSSR count). The summed E-state index contributed by atoms with van der Waals surface area (Å²) >= 11 is 1.43. The maximum Gasteiger partial charge on any atom is 0.325 e. The van der Waals surface area contributed by atoms with Crippen molar-refractivity contribution >= 4 is 35.3 Å². The molecule has 0 unspecified atom stereocenters. The van der Waals surface area contributed by atoms with Gasteiger partial charge in [-0.2, -0.15) is 0 Å². The Bertz CT molecular complexity index is 969. The quantitative estimate of drug-likeness (QED) is 0.592. The third kappa shape index (κ3) is 3.57. The number of hydrogen-bond donors (Lipinski definition) is 2. The zero-order valence-electron chi connectivity index (χ0n) is 15.1. The Balaban J connectivity index is 1.80. The molecule has 1 fully saturated rings. The van der Waals surface area contributed by atoms with Crippen LogP contribution in [0.3, 0.4) is 0 Å². The highest BCUT2D eigenvalue weighted by Gasteiger charge is 2.50. The molecule has 9 heteroatoms. The van der Waals surface area contributed by atoms with Gasteiger partial charge in [-0.15, -0.1) is 11.8 Å². The Morgan fingerprint density at radius 3 is 2.64 bits per heavy atom. The molecule has 146 valence electrons. The summed E-state index contributed by atoms with van der Waals surface area (Å²) in [6, 6.07) is 8.86. The van der Waals surface area contributed by atoms with Gasteiger partial charge in [0.05, 0.1) is 5.69 Å². The Hall–Kier alpha value is -2.94. The number of rotatable bonds is 5. The van der Waals surface area contributed by atoms with Crippen molar-refractivity contribution in [1.29, 1.82) is 0 Å². The number of carbonyl (C=O) groups excluding carboxylic acids is 3. The van der Waals surface area contributed by atoms with Crippen molar-refractivity contribution in [1.82, 2.24) is 10.2 Å². The lowest BCUT2D eigenvalue weighted by atomic mass is 9.91. The van der Waals surface area contributed by atoms with Gasteiger partial charge in [0, 0.05) is 10.5 Å². The van der Waals surface area contributed by atoms with E-state index in [1.54, 1.807) is 12.1 Å². The number of amides is 4. The third-order valence-corrected chi connectivity index (χ3v) is 5.22. The largest absolute Gasteiger partial charge is 0.325 e. The first-order valence-corrected chi connectivity index (χ1v) is 9.51. The molecule has 2 N–H and O–H groups in total. The van der Waals surface area contributed by atoms with E-state index in [9.17, 15) is 23.2 Å². The molecular weight excluding hydrogens is 388 g/mol. The van der Waals surface area contributed by atoms with Crippen LogP contribution >= 0.6 is 11.8 Å². The second kappa shape index (κ2) is 7.59. The highest BCUT2D eigenvalue weighted by molar-refractivity contribution is 7.98. The number of para-hydroxylation sites is 1. The van der Waals surface area contributed by atoms with Crippen LogP contribution in [0.5, 0.6) is 0 Å². The molecule has 0 bridgehead atoms. The molecule has 1 heterocycles. The Morgan fingerprint density at radius 2 is 1.93 bits per heavy atom. The summed E-state index contributed by atoms with van der Waals surface area (Å²) in [4.78, 5) is 38.9. The number of benzene rings is 2. The molecule has 1 saturated heterocycles. The smallest absolute Gasteiger partial charge is 0.324 e. The zero-order valence-corrected chi connectivity index (χ0v) is 15.9. The van der Waals surface area contributed by atoms with Gasteiger partial charge in [-0.25, -0.2) is 13.6 Å². The molecule has 0 spiro atoms. The van der Waals surface area contributed by atoms with Crippen molar-refractivity contribution in [3.63, 3.8) is 0 Å². The van der Waals surface area contributed by atoms with Gasteiger partial charge >= 0.3 is 6.03 Å². The lowest BCUT2D eigenvalue weighted by Crippen LogP contribution is -2.42. The molecule has 0 radical (unpaired) electrons. The monoisotopic (exact) mass is 405 g/mol. The average molecular weight is 405 g/mol. The summed E-state index contributed by atoms with van der Waals surface area (Å²) in [7, 11) is 0. The fourth-order valence-electron chi connectivity index (χ4n) is 2.99. The number of carbonyl (C=O) groups is 3. The molecule has 1 aliphatic rings. The number of urea groups is 1. The molecule has 0 aromatic heterocycles. The second-order valence-electron chi connectivity index (χ2n) is 6.32. The minimum atomic E-state index is -1.80. The number of nitrogens with zero attached hydrogens (tertiary/aromatic N) is 1. The van der Waals surface area contributed by atoms with E-state index < -0.39 is 41.6 Å². The predicted octanol–water partition coefficient (Wildman–Crippen LogP) is 3.09. The SMILES string of the molecule is CSc1ccccc1NC(=O)CN1C(=O)N[C@](C)(c2cc(F)ccc2F)C1=O. The van der Waals surface area contributed by atoms with E-state index in [-0.39, 0.29) is 5.56 Å². The highest BCUT2D eigenvalue weighted by Crippen LogP contribution is 2.31. The van der Waals surface area contributed by atoms with E-state index in [1.165, 1.54) is 18.7 Å². The number of nitrogens with one attached hydrogen (secondary N) is 2. The second-order valence-corrected chi connectivity index (χ2v) is 7.17. The standard InChI is InChI=1S/C19H17F2N3O3S/c1-19(12-9-11(20)7-8-13(12)21)17(26)24(18(27)23-19)10-16(25)22-14-5-3-4-6-15(14)28-2/h3-9H,10H2,1-2H3,(H,22,25)(H,23,27)/t19-/m1/s1. The molecule has 1 atom stereocenters. The summed E-state index contributed by atoms with van der Waals surface area (Å²) in [5.41, 5.74) is -1.56. The maximum atomic E-state index is 14.2.